The molecule has 0 amide bonds. The lowest BCUT2D eigenvalue weighted by Gasteiger charge is -2.06. The Morgan fingerprint density at radius 3 is 2.89 bits per heavy atom. The Bertz CT molecular complexity index is 1450. The largest absolute Gasteiger partial charge is 0.290 e. The van der Waals surface area contributed by atoms with Crippen molar-refractivity contribution in [3.8, 4) is 21.7 Å². The molecule has 4 heterocycles. The minimum absolute atomic E-state index is 0.902. The van der Waals surface area contributed by atoms with Crippen LogP contribution in [-0.4, -0.2) is 24.4 Å². The molecule has 4 aromatic heterocycles. The number of benzene rings is 2. The van der Waals surface area contributed by atoms with Gasteiger partial charge in [-0.3, -0.25) is 4.40 Å². The van der Waals surface area contributed by atoms with Crippen LogP contribution in [0.3, 0.4) is 0 Å². The summed E-state index contributed by atoms with van der Waals surface area (Å²) in [6, 6.07) is 15.2. The molecule has 5 nitrogen and oxygen atoms in total. The van der Waals surface area contributed by atoms with Crippen molar-refractivity contribution in [3.63, 3.8) is 0 Å². The second kappa shape index (κ2) is 5.48. The molecule has 0 fully saturated rings. The fourth-order valence-corrected chi connectivity index (χ4v) is 5.41. The number of hydrogen-bond donors (Lipinski definition) is 0. The molecule has 0 saturated carbocycles. The second-order valence-electron chi connectivity index (χ2n) is 6.45. The topological polar surface area (TPSA) is 48.0 Å². The Labute approximate surface area is 162 Å². The molecule has 0 saturated heterocycles. The van der Waals surface area contributed by atoms with Gasteiger partial charge < -0.3 is 0 Å². The minimum Gasteiger partial charge on any atom is -0.290 e. The number of thiazole rings is 1. The SMILES string of the molecule is Cn1nnc2ccc(-c3c(-c4ccc5sccc5c4)sc4nccn34)cc21. The number of hydrogen-bond acceptors (Lipinski definition) is 5. The van der Waals surface area contributed by atoms with Crippen molar-refractivity contribution in [2.75, 3.05) is 0 Å². The Balaban J connectivity index is 1.65. The first kappa shape index (κ1) is 15.1. The molecular weight excluding hydrogens is 374 g/mol. The van der Waals surface area contributed by atoms with E-state index >= 15 is 0 Å². The number of thiophene rings is 1. The maximum Gasteiger partial charge on any atom is 0.194 e. The van der Waals surface area contributed by atoms with E-state index in [1.54, 1.807) is 22.7 Å². The minimum atomic E-state index is 0.902. The lowest BCUT2D eigenvalue weighted by Crippen LogP contribution is -1.91. The molecule has 0 bridgehead atoms. The molecule has 6 rings (SSSR count). The average molecular weight is 387 g/mol. The molecule has 27 heavy (non-hydrogen) atoms. The third-order valence-electron chi connectivity index (χ3n) is 4.85. The van der Waals surface area contributed by atoms with Gasteiger partial charge in [0.05, 0.1) is 16.1 Å². The van der Waals surface area contributed by atoms with Crippen LogP contribution in [0.5, 0.6) is 0 Å². The highest BCUT2D eigenvalue weighted by molar-refractivity contribution is 7.21. The standard InChI is InChI=1S/C20H13N5S2/c1-24-16-11-13(2-4-15(16)22-23-24)18-19(27-20-21-7-8-25(18)20)14-3-5-17-12(10-14)6-9-26-17/h2-11H,1H3. The van der Waals surface area contributed by atoms with Crippen molar-refractivity contribution >= 4 is 48.8 Å². The van der Waals surface area contributed by atoms with Crippen LogP contribution in [0.1, 0.15) is 0 Å². The van der Waals surface area contributed by atoms with E-state index in [4.69, 9.17) is 0 Å². The van der Waals surface area contributed by atoms with Gasteiger partial charge in [0, 0.05) is 29.7 Å². The molecule has 6 aromatic rings. The van der Waals surface area contributed by atoms with E-state index in [-0.39, 0.29) is 0 Å². The molecular formula is C20H13N5S2. The summed E-state index contributed by atoms with van der Waals surface area (Å²) in [5, 5.41) is 11.7. The first-order valence-corrected chi connectivity index (χ1v) is 10.2. The van der Waals surface area contributed by atoms with Gasteiger partial charge >= 0.3 is 0 Å². The van der Waals surface area contributed by atoms with E-state index in [2.05, 4.69) is 61.5 Å². The van der Waals surface area contributed by atoms with E-state index in [9.17, 15) is 0 Å². The summed E-state index contributed by atoms with van der Waals surface area (Å²) >= 11 is 3.49. The van der Waals surface area contributed by atoms with Crippen molar-refractivity contribution in [2.45, 2.75) is 0 Å². The van der Waals surface area contributed by atoms with Crippen molar-refractivity contribution in [2.24, 2.45) is 7.05 Å². The molecule has 0 atom stereocenters. The molecule has 0 aliphatic rings. The van der Waals surface area contributed by atoms with Crippen molar-refractivity contribution < 1.29 is 0 Å². The smallest absolute Gasteiger partial charge is 0.194 e. The summed E-state index contributed by atoms with van der Waals surface area (Å²) in [7, 11) is 1.92. The summed E-state index contributed by atoms with van der Waals surface area (Å²) in [5.74, 6) is 0. The zero-order valence-corrected chi connectivity index (χ0v) is 16.0. The molecule has 0 N–H and O–H groups in total. The van der Waals surface area contributed by atoms with E-state index in [0.29, 0.717) is 0 Å². The third kappa shape index (κ3) is 2.19. The van der Waals surface area contributed by atoms with Gasteiger partial charge in [-0.2, -0.15) is 0 Å². The predicted octanol–water partition coefficient (Wildman–Crippen LogP) is 5.23. The normalized spacial score (nSPS) is 11.9. The zero-order valence-electron chi connectivity index (χ0n) is 14.3. The van der Waals surface area contributed by atoms with Gasteiger partial charge in [-0.15, -0.1) is 16.4 Å². The highest BCUT2D eigenvalue weighted by Crippen LogP contribution is 2.41. The maximum absolute atomic E-state index is 4.53. The fraction of sp³-hybridized carbons (Fsp3) is 0.0500. The number of fused-ring (bicyclic) bond motifs is 3. The van der Waals surface area contributed by atoms with Crippen molar-refractivity contribution in [1.29, 1.82) is 0 Å². The molecule has 0 aliphatic carbocycles. The van der Waals surface area contributed by atoms with E-state index < -0.39 is 0 Å². The summed E-state index contributed by atoms with van der Waals surface area (Å²) in [6.07, 6.45) is 3.88. The van der Waals surface area contributed by atoms with Crippen LogP contribution in [-0.2, 0) is 7.05 Å². The van der Waals surface area contributed by atoms with E-state index in [1.807, 2.05) is 30.2 Å². The van der Waals surface area contributed by atoms with Gasteiger partial charge in [0.1, 0.15) is 5.52 Å². The summed E-state index contributed by atoms with van der Waals surface area (Å²) in [4.78, 5) is 6.74. The van der Waals surface area contributed by atoms with Gasteiger partial charge in [0.15, 0.2) is 4.96 Å². The molecule has 2 aromatic carbocycles. The predicted molar refractivity (Wildman–Crippen MR) is 111 cm³/mol. The Morgan fingerprint density at radius 2 is 1.93 bits per heavy atom. The number of aryl methyl sites for hydroxylation is 1. The van der Waals surface area contributed by atoms with E-state index in [1.165, 1.54) is 20.5 Å². The molecule has 7 heteroatoms. The highest BCUT2D eigenvalue weighted by Gasteiger charge is 2.18. The van der Waals surface area contributed by atoms with Crippen LogP contribution in [0.4, 0.5) is 0 Å². The van der Waals surface area contributed by atoms with Crippen LogP contribution in [0.25, 0.3) is 47.8 Å². The van der Waals surface area contributed by atoms with Gasteiger partial charge in [-0.05, 0) is 46.7 Å². The van der Waals surface area contributed by atoms with Crippen LogP contribution in [0, 0.1) is 0 Å². The molecule has 0 radical (unpaired) electrons. The van der Waals surface area contributed by atoms with Gasteiger partial charge in [-0.25, -0.2) is 9.67 Å². The maximum atomic E-state index is 4.53. The molecule has 0 unspecified atom stereocenters. The van der Waals surface area contributed by atoms with Crippen molar-refractivity contribution in [3.05, 3.63) is 60.2 Å². The summed E-state index contributed by atoms with van der Waals surface area (Å²) < 4.78 is 5.29. The van der Waals surface area contributed by atoms with Crippen LogP contribution in [0.2, 0.25) is 0 Å². The fourth-order valence-electron chi connectivity index (χ4n) is 3.54. The van der Waals surface area contributed by atoms with Crippen LogP contribution < -0.4 is 0 Å². The van der Waals surface area contributed by atoms with E-state index in [0.717, 1.165) is 27.3 Å². The zero-order chi connectivity index (χ0) is 18.0. The molecule has 0 aliphatic heterocycles. The number of imidazole rings is 1. The van der Waals surface area contributed by atoms with Gasteiger partial charge in [0.2, 0.25) is 0 Å². The molecule has 130 valence electrons. The molecule has 0 spiro atoms. The van der Waals surface area contributed by atoms with Crippen LogP contribution >= 0.6 is 22.7 Å². The highest BCUT2D eigenvalue weighted by atomic mass is 32.1. The average Bonchev–Trinajstić information content (AvgIpc) is 3.44. The summed E-state index contributed by atoms with van der Waals surface area (Å²) in [6.45, 7) is 0. The monoisotopic (exact) mass is 387 g/mol. The number of nitrogens with zero attached hydrogens (tertiary/aromatic N) is 5. The van der Waals surface area contributed by atoms with Gasteiger partial charge in [0.25, 0.3) is 0 Å². The van der Waals surface area contributed by atoms with Crippen LogP contribution in [0.15, 0.2) is 60.2 Å². The number of rotatable bonds is 2. The van der Waals surface area contributed by atoms with Crippen molar-refractivity contribution in [1.82, 2.24) is 24.4 Å². The Hall–Kier alpha value is -3.03. The Kier molecular flexibility index (Phi) is 3.06. The second-order valence-corrected chi connectivity index (χ2v) is 8.37. The first-order chi connectivity index (χ1) is 13.3. The third-order valence-corrected chi connectivity index (χ3v) is 6.87. The lowest BCUT2D eigenvalue weighted by atomic mass is 10.0. The van der Waals surface area contributed by atoms with Gasteiger partial charge in [-0.1, -0.05) is 28.7 Å². The number of aromatic nitrogens is 5. The Morgan fingerprint density at radius 1 is 1.00 bits per heavy atom. The summed E-state index contributed by atoms with van der Waals surface area (Å²) in [5.41, 5.74) is 5.43. The quantitative estimate of drug-likeness (QED) is 0.409. The lowest BCUT2D eigenvalue weighted by molar-refractivity contribution is 0.736. The first-order valence-electron chi connectivity index (χ1n) is 8.51.